The van der Waals surface area contributed by atoms with Crippen molar-refractivity contribution in [1.82, 2.24) is 0 Å². The number of rotatable bonds is 5. The Balaban J connectivity index is 1.76. The van der Waals surface area contributed by atoms with Crippen molar-refractivity contribution in [3.8, 4) is 5.75 Å². The lowest BCUT2D eigenvalue weighted by Crippen LogP contribution is -2.20. The molecule has 1 aliphatic rings. The fraction of sp³-hybridized carbons (Fsp3) is 0.350. The van der Waals surface area contributed by atoms with Gasteiger partial charge in [-0.2, -0.15) is 0 Å². The molecule has 3 heteroatoms. The van der Waals surface area contributed by atoms with Crippen LogP contribution in [-0.2, 0) is 11.2 Å². The maximum Gasteiger partial charge on any atom is 0.227 e. The first-order valence-corrected chi connectivity index (χ1v) is 8.28. The molecule has 120 valence electrons. The van der Waals surface area contributed by atoms with Crippen LogP contribution in [-0.4, -0.2) is 13.0 Å². The number of hydrogen-bond acceptors (Lipinski definition) is 2. The van der Waals surface area contributed by atoms with Crippen molar-refractivity contribution in [2.75, 3.05) is 12.4 Å². The molecule has 2 aromatic rings. The Morgan fingerprint density at radius 1 is 1.13 bits per heavy atom. The molecular formula is C20H23NO2. The van der Waals surface area contributed by atoms with Gasteiger partial charge in [0, 0.05) is 23.6 Å². The van der Waals surface area contributed by atoms with Crippen LogP contribution in [0.2, 0.25) is 0 Å². The Bertz CT molecular complexity index is 661. The zero-order valence-electron chi connectivity index (χ0n) is 13.5. The number of nitrogens with one attached hydrogen (secondary N) is 1. The summed E-state index contributed by atoms with van der Waals surface area (Å²) in [5.41, 5.74) is 3.17. The molecule has 1 saturated carbocycles. The highest BCUT2D eigenvalue weighted by Crippen LogP contribution is 2.28. The predicted octanol–water partition coefficient (Wildman–Crippen LogP) is 4.41. The van der Waals surface area contributed by atoms with E-state index in [2.05, 4.69) is 17.4 Å². The molecule has 0 aromatic heterocycles. The second-order valence-corrected chi connectivity index (χ2v) is 6.16. The number of carbonyl (C=O) groups excluding carboxylic acids is 1. The predicted molar refractivity (Wildman–Crippen MR) is 92.8 cm³/mol. The van der Waals surface area contributed by atoms with Gasteiger partial charge in [-0.15, -0.1) is 0 Å². The number of carbonyl (C=O) groups is 1. The van der Waals surface area contributed by atoms with Gasteiger partial charge in [-0.1, -0.05) is 43.2 Å². The highest BCUT2D eigenvalue weighted by atomic mass is 16.5. The molecule has 1 fully saturated rings. The first-order chi connectivity index (χ1) is 11.3. The van der Waals surface area contributed by atoms with Gasteiger partial charge in [-0.3, -0.25) is 4.79 Å². The summed E-state index contributed by atoms with van der Waals surface area (Å²) in [6.45, 7) is 0. The maximum atomic E-state index is 12.3. The van der Waals surface area contributed by atoms with Gasteiger partial charge in [-0.25, -0.2) is 0 Å². The van der Waals surface area contributed by atoms with E-state index in [0.717, 1.165) is 36.3 Å². The molecule has 23 heavy (non-hydrogen) atoms. The van der Waals surface area contributed by atoms with E-state index in [9.17, 15) is 4.79 Å². The highest BCUT2D eigenvalue weighted by molar-refractivity contribution is 5.92. The fourth-order valence-corrected chi connectivity index (χ4v) is 3.24. The number of benzene rings is 2. The lowest BCUT2D eigenvalue weighted by Gasteiger charge is -2.14. The number of methoxy groups -OCH3 is 1. The summed E-state index contributed by atoms with van der Waals surface area (Å²) in [6.07, 6.45) is 5.15. The van der Waals surface area contributed by atoms with Crippen molar-refractivity contribution < 1.29 is 9.53 Å². The van der Waals surface area contributed by atoms with Gasteiger partial charge in [0.2, 0.25) is 5.91 Å². The SMILES string of the molecule is COc1ccc(NC(=O)C2CCCC2)cc1Cc1ccccc1. The summed E-state index contributed by atoms with van der Waals surface area (Å²) < 4.78 is 5.46. The van der Waals surface area contributed by atoms with Crippen molar-refractivity contribution in [2.24, 2.45) is 5.92 Å². The molecule has 0 heterocycles. The molecule has 0 unspecified atom stereocenters. The fourth-order valence-electron chi connectivity index (χ4n) is 3.24. The Kier molecular flexibility index (Phi) is 4.96. The van der Waals surface area contributed by atoms with E-state index in [1.54, 1.807) is 7.11 Å². The maximum absolute atomic E-state index is 12.3. The van der Waals surface area contributed by atoms with Crippen molar-refractivity contribution in [2.45, 2.75) is 32.1 Å². The summed E-state index contributed by atoms with van der Waals surface area (Å²) in [6, 6.07) is 16.2. The van der Waals surface area contributed by atoms with Gasteiger partial charge in [0.05, 0.1) is 7.11 Å². The minimum Gasteiger partial charge on any atom is -0.496 e. The summed E-state index contributed by atoms with van der Waals surface area (Å²) in [7, 11) is 1.68. The smallest absolute Gasteiger partial charge is 0.227 e. The average Bonchev–Trinajstić information content (AvgIpc) is 3.11. The molecule has 0 bridgehead atoms. The highest BCUT2D eigenvalue weighted by Gasteiger charge is 2.22. The van der Waals surface area contributed by atoms with Gasteiger partial charge < -0.3 is 10.1 Å². The van der Waals surface area contributed by atoms with Crippen molar-refractivity contribution in [3.63, 3.8) is 0 Å². The van der Waals surface area contributed by atoms with Crippen molar-refractivity contribution >= 4 is 11.6 Å². The van der Waals surface area contributed by atoms with Crippen LogP contribution in [0.5, 0.6) is 5.75 Å². The Labute approximate surface area is 137 Å². The first-order valence-electron chi connectivity index (χ1n) is 8.28. The van der Waals surface area contributed by atoms with Crippen LogP contribution in [0.15, 0.2) is 48.5 Å². The van der Waals surface area contributed by atoms with Crippen LogP contribution in [0.4, 0.5) is 5.69 Å². The van der Waals surface area contributed by atoms with Crippen molar-refractivity contribution in [1.29, 1.82) is 0 Å². The number of anilines is 1. The number of amides is 1. The van der Waals surface area contributed by atoms with E-state index in [0.29, 0.717) is 0 Å². The molecule has 0 saturated heterocycles. The molecule has 0 spiro atoms. The second-order valence-electron chi connectivity index (χ2n) is 6.16. The van der Waals surface area contributed by atoms with Gasteiger partial charge >= 0.3 is 0 Å². The molecule has 1 amide bonds. The summed E-state index contributed by atoms with van der Waals surface area (Å²) in [5.74, 6) is 1.18. The van der Waals surface area contributed by atoms with Gasteiger partial charge in [0.25, 0.3) is 0 Å². The standard InChI is InChI=1S/C20H23NO2/c1-23-19-12-11-18(21-20(22)16-9-5-6-10-16)14-17(19)13-15-7-3-2-4-8-15/h2-4,7-8,11-12,14,16H,5-6,9-10,13H2,1H3,(H,21,22). The van der Waals surface area contributed by atoms with Gasteiger partial charge in [0.1, 0.15) is 5.75 Å². The molecule has 0 radical (unpaired) electrons. The molecule has 1 N–H and O–H groups in total. The van der Waals surface area contributed by atoms with E-state index in [-0.39, 0.29) is 11.8 Å². The van der Waals surface area contributed by atoms with Gasteiger partial charge in [0.15, 0.2) is 0 Å². The Morgan fingerprint density at radius 3 is 2.57 bits per heavy atom. The largest absolute Gasteiger partial charge is 0.496 e. The first kappa shape index (κ1) is 15.6. The molecule has 3 nitrogen and oxygen atoms in total. The van der Waals surface area contributed by atoms with Crippen LogP contribution < -0.4 is 10.1 Å². The lowest BCUT2D eigenvalue weighted by molar-refractivity contribution is -0.119. The van der Waals surface area contributed by atoms with Crippen LogP contribution >= 0.6 is 0 Å². The van der Waals surface area contributed by atoms with E-state index in [1.807, 2.05) is 36.4 Å². The monoisotopic (exact) mass is 309 g/mol. The van der Waals surface area contributed by atoms with E-state index < -0.39 is 0 Å². The van der Waals surface area contributed by atoms with E-state index in [4.69, 9.17) is 4.74 Å². The molecule has 0 atom stereocenters. The summed E-state index contributed by atoms with van der Waals surface area (Å²) >= 11 is 0. The van der Waals surface area contributed by atoms with Gasteiger partial charge in [-0.05, 0) is 36.6 Å². The van der Waals surface area contributed by atoms with Crippen LogP contribution in [0.3, 0.4) is 0 Å². The van der Waals surface area contributed by atoms with Crippen molar-refractivity contribution in [3.05, 3.63) is 59.7 Å². The summed E-state index contributed by atoms with van der Waals surface area (Å²) in [4.78, 5) is 12.3. The zero-order valence-corrected chi connectivity index (χ0v) is 13.5. The third kappa shape index (κ3) is 3.92. The van der Waals surface area contributed by atoms with E-state index >= 15 is 0 Å². The topological polar surface area (TPSA) is 38.3 Å². The van der Waals surface area contributed by atoms with Crippen LogP contribution in [0.25, 0.3) is 0 Å². The molecule has 1 aliphatic carbocycles. The second kappa shape index (κ2) is 7.32. The minimum absolute atomic E-state index is 0.151. The Hall–Kier alpha value is -2.29. The normalized spacial score (nSPS) is 14.7. The summed E-state index contributed by atoms with van der Waals surface area (Å²) in [5, 5.41) is 3.07. The zero-order chi connectivity index (χ0) is 16.1. The molecular weight excluding hydrogens is 286 g/mol. The number of hydrogen-bond donors (Lipinski definition) is 1. The number of ether oxygens (including phenoxy) is 1. The Morgan fingerprint density at radius 2 is 1.87 bits per heavy atom. The lowest BCUT2D eigenvalue weighted by atomic mass is 10.0. The molecule has 3 rings (SSSR count). The van der Waals surface area contributed by atoms with E-state index in [1.165, 1.54) is 18.4 Å². The van der Waals surface area contributed by atoms with Crippen LogP contribution in [0, 0.1) is 5.92 Å². The quantitative estimate of drug-likeness (QED) is 0.888. The minimum atomic E-state index is 0.151. The molecule has 0 aliphatic heterocycles. The molecule has 2 aromatic carbocycles. The third-order valence-electron chi connectivity index (χ3n) is 4.51. The average molecular weight is 309 g/mol. The third-order valence-corrected chi connectivity index (χ3v) is 4.51. The van der Waals surface area contributed by atoms with Crippen LogP contribution in [0.1, 0.15) is 36.8 Å².